The van der Waals surface area contributed by atoms with Gasteiger partial charge in [-0.2, -0.15) is 0 Å². The molecule has 1 heterocycles. The zero-order chi connectivity index (χ0) is 10.4. The van der Waals surface area contributed by atoms with E-state index in [2.05, 4.69) is 26.1 Å². The highest BCUT2D eigenvalue weighted by Crippen LogP contribution is 2.27. The Morgan fingerprint density at radius 2 is 2.07 bits per heavy atom. The highest BCUT2D eigenvalue weighted by Gasteiger charge is 2.32. The number of allylic oxidation sites excluding steroid dienone is 1. The zero-order valence-electron chi connectivity index (χ0n) is 9.94. The van der Waals surface area contributed by atoms with Crippen LogP contribution in [0.15, 0.2) is 11.3 Å². The Morgan fingerprint density at radius 3 is 2.64 bits per heavy atom. The Morgan fingerprint density at radius 1 is 1.29 bits per heavy atom. The molecule has 0 bridgehead atoms. The third-order valence-electron chi connectivity index (χ3n) is 3.06. The van der Waals surface area contributed by atoms with Gasteiger partial charge in [-0.3, -0.25) is 0 Å². The van der Waals surface area contributed by atoms with Gasteiger partial charge in [0.05, 0.1) is 0 Å². The van der Waals surface area contributed by atoms with Crippen LogP contribution in [0.5, 0.6) is 0 Å². The molecule has 0 amide bonds. The summed E-state index contributed by atoms with van der Waals surface area (Å²) in [6.07, 6.45) is 10.4. The maximum absolute atomic E-state index is 5.80. The first-order valence-electron chi connectivity index (χ1n) is 6.00. The highest BCUT2D eigenvalue weighted by molar-refractivity contribution is 6.79. The second-order valence-electron chi connectivity index (χ2n) is 4.69. The van der Waals surface area contributed by atoms with E-state index >= 15 is 0 Å². The molecule has 1 fully saturated rings. The SMILES string of the molecule is CCCCCC/C=C1\CCO[Si]1(C)C. The van der Waals surface area contributed by atoms with Crippen molar-refractivity contribution in [2.75, 3.05) is 6.61 Å². The summed E-state index contributed by atoms with van der Waals surface area (Å²) >= 11 is 0. The van der Waals surface area contributed by atoms with E-state index in [4.69, 9.17) is 4.43 Å². The first-order chi connectivity index (χ1) is 6.67. The van der Waals surface area contributed by atoms with Gasteiger partial charge in [0, 0.05) is 6.61 Å². The second kappa shape index (κ2) is 5.71. The molecule has 0 unspecified atom stereocenters. The van der Waals surface area contributed by atoms with Crippen molar-refractivity contribution < 1.29 is 4.43 Å². The topological polar surface area (TPSA) is 9.23 Å². The monoisotopic (exact) mass is 212 g/mol. The molecule has 1 nitrogen and oxygen atoms in total. The third-order valence-corrected chi connectivity index (χ3v) is 5.98. The van der Waals surface area contributed by atoms with Gasteiger partial charge in [0.2, 0.25) is 8.32 Å². The van der Waals surface area contributed by atoms with Crippen molar-refractivity contribution in [2.45, 2.75) is 58.5 Å². The fraction of sp³-hybridized carbons (Fsp3) is 0.833. The van der Waals surface area contributed by atoms with Crippen LogP contribution >= 0.6 is 0 Å². The lowest BCUT2D eigenvalue weighted by atomic mass is 10.1. The first-order valence-corrected chi connectivity index (χ1v) is 8.91. The molecule has 0 atom stereocenters. The predicted molar refractivity (Wildman–Crippen MR) is 64.9 cm³/mol. The minimum absolute atomic E-state index is 0.972. The molecule has 14 heavy (non-hydrogen) atoms. The number of hydrogen-bond acceptors (Lipinski definition) is 1. The molecule has 0 saturated carbocycles. The Hall–Kier alpha value is -0.0831. The molecule has 0 spiro atoms. The molecule has 2 heteroatoms. The van der Waals surface area contributed by atoms with Crippen LogP contribution in [0.4, 0.5) is 0 Å². The van der Waals surface area contributed by atoms with Crippen LogP contribution in [0.1, 0.15) is 45.4 Å². The summed E-state index contributed by atoms with van der Waals surface area (Å²) in [6, 6.07) is 0. The Kier molecular flexibility index (Phi) is 4.89. The van der Waals surface area contributed by atoms with E-state index in [9.17, 15) is 0 Å². The van der Waals surface area contributed by atoms with Gasteiger partial charge in [-0.25, -0.2) is 0 Å². The summed E-state index contributed by atoms with van der Waals surface area (Å²) in [5.41, 5.74) is 0. The molecule has 0 N–H and O–H groups in total. The summed E-state index contributed by atoms with van der Waals surface area (Å²) in [7, 11) is -1.38. The van der Waals surface area contributed by atoms with E-state index < -0.39 is 8.32 Å². The Labute approximate surface area is 89.7 Å². The van der Waals surface area contributed by atoms with Crippen LogP contribution in [-0.4, -0.2) is 14.9 Å². The largest absolute Gasteiger partial charge is 0.413 e. The van der Waals surface area contributed by atoms with Gasteiger partial charge in [0.1, 0.15) is 0 Å². The molecule has 82 valence electrons. The maximum atomic E-state index is 5.80. The van der Waals surface area contributed by atoms with E-state index in [-0.39, 0.29) is 0 Å². The van der Waals surface area contributed by atoms with Crippen molar-refractivity contribution in [3.8, 4) is 0 Å². The second-order valence-corrected chi connectivity index (χ2v) is 8.64. The van der Waals surface area contributed by atoms with Crippen molar-refractivity contribution in [3.05, 3.63) is 11.3 Å². The van der Waals surface area contributed by atoms with Crippen molar-refractivity contribution >= 4 is 8.32 Å². The lowest BCUT2D eigenvalue weighted by Crippen LogP contribution is -2.26. The minimum Gasteiger partial charge on any atom is -0.413 e. The summed E-state index contributed by atoms with van der Waals surface area (Å²) in [5, 5.41) is 1.65. The molecule has 0 aromatic heterocycles. The third kappa shape index (κ3) is 3.58. The lowest BCUT2D eigenvalue weighted by molar-refractivity contribution is 0.350. The summed E-state index contributed by atoms with van der Waals surface area (Å²) < 4.78 is 5.80. The normalized spacial score (nSPS) is 23.2. The van der Waals surface area contributed by atoms with Crippen molar-refractivity contribution in [1.82, 2.24) is 0 Å². The molecule has 1 rings (SSSR count). The fourth-order valence-corrected chi connectivity index (χ4v) is 4.14. The molecule has 1 aliphatic rings. The standard InChI is InChI=1S/C12H24OSi/c1-4-5-6-7-8-9-12-10-11-13-14(12,2)3/h9H,4-8,10-11H2,1-3H3/b12-9+. The van der Waals surface area contributed by atoms with Gasteiger partial charge in [-0.15, -0.1) is 0 Å². The first kappa shape index (κ1) is 12.0. The lowest BCUT2D eigenvalue weighted by Gasteiger charge is -2.15. The molecular weight excluding hydrogens is 188 g/mol. The van der Waals surface area contributed by atoms with Crippen LogP contribution in [-0.2, 0) is 4.43 Å². The fourth-order valence-electron chi connectivity index (χ4n) is 2.01. The van der Waals surface area contributed by atoms with Gasteiger partial charge >= 0.3 is 0 Å². The smallest absolute Gasteiger partial charge is 0.213 e. The molecule has 0 aromatic rings. The predicted octanol–water partition coefficient (Wildman–Crippen LogP) is 4.05. The Balaban J connectivity index is 2.23. The van der Waals surface area contributed by atoms with E-state index in [0.717, 1.165) is 6.61 Å². The van der Waals surface area contributed by atoms with Crippen molar-refractivity contribution in [3.63, 3.8) is 0 Å². The van der Waals surface area contributed by atoms with Crippen LogP contribution in [0.25, 0.3) is 0 Å². The van der Waals surface area contributed by atoms with Gasteiger partial charge < -0.3 is 4.43 Å². The number of unbranched alkanes of at least 4 members (excludes halogenated alkanes) is 4. The molecule has 1 aliphatic heterocycles. The van der Waals surface area contributed by atoms with Crippen LogP contribution in [0, 0.1) is 0 Å². The van der Waals surface area contributed by atoms with Gasteiger partial charge in [-0.1, -0.05) is 37.5 Å². The summed E-state index contributed by atoms with van der Waals surface area (Å²) in [4.78, 5) is 0. The molecular formula is C12H24OSi. The summed E-state index contributed by atoms with van der Waals surface area (Å²) in [5.74, 6) is 0. The highest BCUT2D eigenvalue weighted by atomic mass is 28.4. The molecule has 0 radical (unpaired) electrons. The molecule has 0 aliphatic carbocycles. The van der Waals surface area contributed by atoms with Gasteiger partial charge in [-0.05, 0) is 32.4 Å². The number of rotatable bonds is 5. The summed E-state index contributed by atoms with van der Waals surface area (Å²) in [6.45, 7) is 7.87. The maximum Gasteiger partial charge on any atom is 0.213 e. The molecule has 0 aromatic carbocycles. The van der Waals surface area contributed by atoms with Crippen LogP contribution < -0.4 is 0 Å². The quantitative estimate of drug-likeness (QED) is 0.493. The minimum atomic E-state index is -1.38. The van der Waals surface area contributed by atoms with E-state index in [1.54, 1.807) is 5.20 Å². The van der Waals surface area contributed by atoms with Gasteiger partial charge in [0.25, 0.3) is 0 Å². The van der Waals surface area contributed by atoms with Gasteiger partial charge in [0.15, 0.2) is 0 Å². The van der Waals surface area contributed by atoms with E-state index in [0.29, 0.717) is 0 Å². The van der Waals surface area contributed by atoms with Crippen LogP contribution in [0.2, 0.25) is 13.1 Å². The van der Waals surface area contributed by atoms with Crippen molar-refractivity contribution in [1.29, 1.82) is 0 Å². The van der Waals surface area contributed by atoms with E-state index in [1.165, 1.54) is 38.5 Å². The zero-order valence-corrected chi connectivity index (χ0v) is 10.9. The van der Waals surface area contributed by atoms with Crippen LogP contribution in [0.3, 0.4) is 0 Å². The Bertz CT molecular complexity index is 196. The van der Waals surface area contributed by atoms with Crippen molar-refractivity contribution in [2.24, 2.45) is 0 Å². The molecule has 1 saturated heterocycles. The average Bonchev–Trinajstić information content (AvgIpc) is 2.45. The number of hydrogen-bond donors (Lipinski definition) is 0. The van der Waals surface area contributed by atoms with E-state index in [1.807, 2.05) is 0 Å². The average molecular weight is 212 g/mol.